The number of imidazole rings is 1. The van der Waals surface area contributed by atoms with Crippen LogP contribution in [0.15, 0.2) is 23.6 Å². The minimum atomic E-state index is -3.67. The van der Waals surface area contributed by atoms with Crippen LogP contribution in [0.25, 0.3) is 0 Å². The lowest BCUT2D eigenvalue weighted by molar-refractivity contribution is 0.361. The molecule has 1 unspecified atom stereocenters. The summed E-state index contributed by atoms with van der Waals surface area (Å²) in [5.74, 6) is 0.771. The highest BCUT2D eigenvalue weighted by Crippen LogP contribution is 2.13. The summed E-state index contributed by atoms with van der Waals surface area (Å²) in [6, 6.07) is -0.315. The average Bonchev–Trinajstić information content (AvgIpc) is 3.07. The predicted molar refractivity (Wildman–Crippen MR) is 81.6 cm³/mol. The van der Waals surface area contributed by atoms with Crippen LogP contribution in [0.1, 0.15) is 26.6 Å². The molecule has 0 amide bonds. The van der Waals surface area contributed by atoms with E-state index in [0.29, 0.717) is 18.9 Å². The molecule has 0 fully saturated rings. The van der Waals surface area contributed by atoms with E-state index in [1.54, 1.807) is 30.1 Å². The number of nitrogens with zero attached hydrogens (tertiary/aromatic N) is 5. The van der Waals surface area contributed by atoms with E-state index in [9.17, 15) is 8.42 Å². The van der Waals surface area contributed by atoms with Crippen molar-refractivity contribution in [2.75, 3.05) is 0 Å². The second-order valence-electron chi connectivity index (χ2n) is 5.47. The van der Waals surface area contributed by atoms with Gasteiger partial charge in [-0.2, -0.15) is 15.0 Å². The molecule has 0 aliphatic rings. The first-order chi connectivity index (χ1) is 10.3. The zero-order valence-corrected chi connectivity index (χ0v) is 14.1. The molecule has 9 heteroatoms. The Labute approximate surface area is 130 Å². The Morgan fingerprint density at radius 1 is 1.27 bits per heavy atom. The van der Waals surface area contributed by atoms with E-state index in [4.69, 9.17) is 0 Å². The van der Waals surface area contributed by atoms with Crippen molar-refractivity contribution < 1.29 is 8.42 Å². The molecule has 8 nitrogen and oxygen atoms in total. The Bertz CT molecular complexity index is 705. The van der Waals surface area contributed by atoms with Gasteiger partial charge in [-0.1, -0.05) is 13.8 Å². The maximum atomic E-state index is 12.5. The van der Waals surface area contributed by atoms with Gasteiger partial charge in [-0.15, -0.1) is 0 Å². The molecule has 2 heterocycles. The summed E-state index contributed by atoms with van der Waals surface area (Å²) in [6.45, 7) is 8.69. The van der Waals surface area contributed by atoms with Gasteiger partial charge >= 0.3 is 0 Å². The fourth-order valence-electron chi connectivity index (χ4n) is 2.09. The number of aromatic nitrogens is 5. The number of aryl methyl sites for hydroxylation is 2. The van der Waals surface area contributed by atoms with Gasteiger partial charge in [0.25, 0.3) is 10.0 Å². The Balaban J connectivity index is 2.20. The van der Waals surface area contributed by atoms with E-state index in [1.165, 1.54) is 4.80 Å². The summed E-state index contributed by atoms with van der Waals surface area (Å²) < 4.78 is 29.5. The third-order valence-electron chi connectivity index (χ3n) is 3.51. The largest absolute Gasteiger partial charge is 0.334 e. The van der Waals surface area contributed by atoms with Crippen molar-refractivity contribution in [1.29, 1.82) is 0 Å². The van der Waals surface area contributed by atoms with Crippen molar-refractivity contribution in [2.24, 2.45) is 5.92 Å². The van der Waals surface area contributed by atoms with Crippen molar-refractivity contribution in [3.8, 4) is 0 Å². The van der Waals surface area contributed by atoms with E-state index in [1.807, 2.05) is 20.8 Å². The molecule has 0 saturated carbocycles. The second kappa shape index (κ2) is 6.57. The van der Waals surface area contributed by atoms with Gasteiger partial charge in [0, 0.05) is 18.8 Å². The molecular weight excluding hydrogens is 304 g/mol. The molecule has 2 rings (SSSR count). The highest BCUT2D eigenvalue weighted by atomic mass is 32.2. The molecule has 2 aromatic rings. The molecular formula is C13H22N6O2S. The van der Waals surface area contributed by atoms with Gasteiger partial charge in [-0.3, -0.25) is 0 Å². The van der Waals surface area contributed by atoms with E-state index in [0.717, 1.165) is 0 Å². The average molecular weight is 326 g/mol. The maximum Gasteiger partial charge on any atom is 0.259 e. The van der Waals surface area contributed by atoms with Crippen LogP contribution in [0.2, 0.25) is 0 Å². The Kier molecular flexibility index (Phi) is 4.97. The molecule has 0 bridgehead atoms. The van der Waals surface area contributed by atoms with Crippen molar-refractivity contribution in [3.63, 3.8) is 0 Å². The molecule has 0 aliphatic carbocycles. The molecule has 0 saturated heterocycles. The van der Waals surface area contributed by atoms with E-state index < -0.39 is 10.0 Å². The van der Waals surface area contributed by atoms with E-state index in [2.05, 4.69) is 19.9 Å². The van der Waals surface area contributed by atoms with Crippen LogP contribution in [0.5, 0.6) is 0 Å². The highest BCUT2D eigenvalue weighted by molar-refractivity contribution is 7.89. The normalized spacial score (nSPS) is 13.7. The van der Waals surface area contributed by atoms with E-state index in [-0.39, 0.29) is 17.0 Å². The standard InChI is InChI=1S/C13H22N6O2S/c1-5-18-9-13(16-11(18)4)22(20,21)17-12(10(2)3)8-19-14-6-7-15-19/h6-7,9-10,12,17H,5,8H2,1-4H3. The minimum absolute atomic E-state index is 0.0472. The first kappa shape index (κ1) is 16.6. The maximum absolute atomic E-state index is 12.5. The summed E-state index contributed by atoms with van der Waals surface area (Å²) >= 11 is 0. The monoisotopic (exact) mass is 326 g/mol. The zero-order valence-electron chi connectivity index (χ0n) is 13.3. The van der Waals surface area contributed by atoms with Crippen molar-refractivity contribution in [2.45, 2.75) is 51.9 Å². The lowest BCUT2D eigenvalue weighted by atomic mass is 10.1. The third kappa shape index (κ3) is 3.72. The van der Waals surface area contributed by atoms with Crippen LogP contribution >= 0.6 is 0 Å². The fraction of sp³-hybridized carbons (Fsp3) is 0.615. The lowest BCUT2D eigenvalue weighted by Gasteiger charge is -2.21. The molecule has 2 aromatic heterocycles. The molecule has 122 valence electrons. The summed E-state index contributed by atoms with van der Waals surface area (Å²) in [7, 11) is -3.67. The number of hydrogen-bond donors (Lipinski definition) is 1. The SMILES string of the molecule is CCn1cc(S(=O)(=O)NC(Cn2nccn2)C(C)C)nc1C. The number of nitrogens with one attached hydrogen (secondary N) is 1. The minimum Gasteiger partial charge on any atom is -0.334 e. The number of rotatable bonds is 7. The van der Waals surface area contributed by atoms with Crippen molar-refractivity contribution in [1.82, 2.24) is 29.3 Å². The zero-order chi connectivity index (χ0) is 16.3. The Morgan fingerprint density at radius 2 is 1.91 bits per heavy atom. The summed E-state index contributed by atoms with van der Waals surface area (Å²) in [5, 5.41) is 8.09. The van der Waals surface area contributed by atoms with Gasteiger partial charge < -0.3 is 4.57 Å². The molecule has 1 atom stereocenters. The van der Waals surface area contributed by atoms with Gasteiger partial charge in [0.1, 0.15) is 5.82 Å². The fourth-order valence-corrected chi connectivity index (χ4v) is 3.47. The lowest BCUT2D eigenvalue weighted by Crippen LogP contribution is -2.42. The van der Waals surface area contributed by atoms with Gasteiger partial charge in [-0.05, 0) is 19.8 Å². The molecule has 0 aliphatic heterocycles. The number of sulfonamides is 1. The molecule has 22 heavy (non-hydrogen) atoms. The Morgan fingerprint density at radius 3 is 2.41 bits per heavy atom. The summed E-state index contributed by atoms with van der Waals surface area (Å²) in [5.41, 5.74) is 0. The van der Waals surface area contributed by atoms with Gasteiger partial charge in [0.05, 0.1) is 18.9 Å². The van der Waals surface area contributed by atoms with Crippen molar-refractivity contribution >= 4 is 10.0 Å². The van der Waals surface area contributed by atoms with Crippen LogP contribution in [0.3, 0.4) is 0 Å². The molecule has 1 N–H and O–H groups in total. The van der Waals surface area contributed by atoms with Crippen LogP contribution in [-0.4, -0.2) is 39.0 Å². The summed E-state index contributed by atoms with van der Waals surface area (Å²) in [4.78, 5) is 5.61. The molecule has 0 radical (unpaired) electrons. The van der Waals surface area contributed by atoms with Crippen LogP contribution < -0.4 is 4.72 Å². The highest BCUT2D eigenvalue weighted by Gasteiger charge is 2.25. The van der Waals surface area contributed by atoms with Crippen LogP contribution in [0, 0.1) is 12.8 Å². The first-order valence-corrected chi connectivity index (χ1v) is 8.72. The smallest absolute Gasteiger partial charge is 0.259 e. The Hall–Kier alpha value is -1.74. The molecule has 0 aromatic carbocycles. The van der Waals surface area contributed by atoms with Gasteiger partial charge in [0.2, 0.25) is 0 Å². The number of hydrogen-bond acceptors (Lipinski definition) is 5. The quantitative estimate of drug-likeness (QED) is 0.812. The van der Waals surface area contributed by atoms with E-state index >= 15 is 0 Å². The second-order valence-corrected chi connectivity index (χ2v) is 7.13. The topological polar surface area (TPSA) is 94.7 Å². The predicted octanol–water partition coefficient (Wildman–Crippen LogP) is 0.806. The van der Waals surface area contributed by atoms with Crippen LogP contribution in [0.4, 0.5) is 0 Å². The molecule has 0 spiro atoms. The van der Waals surface area contributed by atoms with Crippen molar-refractivity contribution in [3.05, 3.63) is 24.4 Å². The van der Waals surface area contributed by atoms with Crippen LogP contribution in [-0.2, 0) is 23.1 Å². The van der Waals surface area contributed by atoms with Gasteiger partial charge in [-0.25, -0.2) is 18.1 Å². The first-order valence-electron chi connectivity index (χ1n) is 7.23. The third-order valence-corrected chi connectivity index (χ3v) is 4.87. The summed E-state index contributed by atoms with van der Waals surface area (Å²) in [6.07, 6.45) is 4.69. The van der Waals surface area contributed by atoms with Gasteiger partial charge in [0.15, 0.2) is 5.03 Å².